The van der Waals surface area contributed by atoms with Crippen molar-refractivity contribution in [2.75, 3.05) is 7.11 Å². The second kappa shape index (κ2) is 3.79. The van der Waals surface area contributed by atoms with Crippen molar-refractivity contribution >= 4 is 11.6 Å². The van der Waals surface area contributed by atoms with Gasteiger partial charge < -0.3 is 9.84 Å². The largest absolute Gasteiger partial charge is 0.495 e. The lowest BCUT2D eigenvalue weighted by atomic mass is 9.95. The highest BCUT2D eigenvalue weighted by atomic mass is 35.5. The van der Waals surface area contributed by atoms with E-state index < -0.39 is 5.60 Å². The first-order valence-corrected chi connectivity index (χ1v) is 4.81. The van der Waals surface area contributed by atoms with Gasteiger partial charge in [-0.1, -0.05) is 11.6 Å². The molecule has 0 aliphatic heterocycles. The number of rotatable bonds is 2. The van der Waals surface area contributed by atoms with Crippen LogP contribution in [0, 0.1) is 6.92 Å². The summed E-state index contributed by atoms with van der Waals surface area (Å²) in [5.74, 6) is 0.546. The Kier molecular flexibility index (Phi) is 3.07. The molecule has 0 atom stereocenters. The normalized spacial score (nSPS) is 11.6. The number of methoxy groups -OCH3 is 1. The smallest absolute Gasteiger partial charge is 0.143 e. The molecule has 0 bridgehead atoms. The Labute approximate surface area is 89.5 Å². The van der Waals surface area contributed by atoms with E-state index in [-0.39, 0.29) is 0 Å². The van der Waals surface area contributed by atoms with Gasteiger partial charge in [0.1, 0.15) is 5.75 Å². The third-order valence-electron chi connectivity index (χ3n) is 2.05. The Morgan fingerprint density at radius 1 is 1.36 bits per heavy atom. The summed E-state index contributed by atoms with van der Waals surface area (Å²) in [5.41, 5.74) is 0.777. The molecule has 0 amide bonds. The SMILES string of the molecule is COc1c(Cl)cc(C)cc1C(C)(C)O. The minimum atomic E-state index is -0.943. The van der Waals surface area contributed by atoms with Gasteiger partial charge in [-0.15, -0.1) is 0 Å². The Hall–Kier alpha value is -0.730. The number of benzene rings is 1. The van der Waals surface area contributed by atoms with Gasteiger partial charge in [0.05, 0.1) is 17.7 Å². The van der Waals surface area contributed by atoms with Crippen molar-refractivity contribution in [2.24, 2.45) is 0 Å². The van der Waals surface area contributed by atoms with E-state index in [9.17, 15) is 5.11 Å². The molecule has 2 nitrogen and oxygen atoms in total. The van der Waals surface area contributed by atoms with Gasteiger partial charge in [0.2, 0.25) is 0 Å². The molecule has 0 saturated heterocycles. The van der Waals surface area contributed by atoms with Gasteiger partial charge >= 0.3 is 0 Å². The van der Waals surface area contributed by atoms with Crippen LogP contribution >= 0.6 is 11.6 Å². The average Bonchev–Trinajstić information content (AvgIpc) is 2.01. The van der Waals surface area contributed by atoms with E-state index in [1.54, 1.807) is 21.0 Å². The molecule has 14 heavy (non-hydrogen) atoms. The number of hydrogen-bond acceptors (Lipinski definition) is 2. The topological polar surface area (TPSA) is 29.5 Å². The zero-order chi connectivity index (χ0) is 10.9. The second-order valence-corrected chi connectivity index (χ2v) is 4.29. The molecule has 1 aromatic rings. The van der Waals surface area contributed by atoms with Gasteiger partial charge in [-0.2, -0.15) is 0 Å². The van der Waals surface area contributed by atoms with Crippen molar-refractivity contribution in [3.05, 3.63) is 28.3 Å². The maximum Gasteiger partial charge on any atom is 0.143 e. The van der Waals surface area contributed by atoms with Crippen molar-refractivity contribution < 1.29 is 9.84 Å². The lowest BCUT2D eigenvalue weighted by molar-refractivity contribution is 0.0756. The van der Waals surface area contributed by atoms with Crippen molar-refractivity contribution in [1.82, 2.24) is 0 Å². The molecule has 0 radical (unpaired) electrons. The lowest BCUT2D eigenvalue weighted by Crippen LogP contribution is -2.17. The number of aryl methyl sites for hydroxylation is 1. The zero-order valence-electron chi connectivity index (χ0n) is 8.89. The number of ether oxygens (including phenoxy) is 1. The maximum absolute atomic E-state index is 9.91. The highest BCUT2D eigenvalue weighted by Gasteiger charge is 2.22. The van der Waals surface area contributed by atoms with E-state index in [0.717, 1.165) is 5.56 Å². The maximum atomic E-state index is 9.91. The molecule has 3 heteroatoms. The first-order valence-electron chi connectivity index (χ1n) is 4.43. The van der Waals surface area contributed by atoms with Crippen molar-refractivity contribution in [2.45, 2.75) is 26.4 Å². The molecule has 0 aliphatic carbocycles. The van der Waals surface area contributed by atoms with Crippen LogP contribution in [-0.4, -0.2) is 12.2 Å². The van der Waals surface area contributed by atoms with Crippen molar-refractivity contribution in [1.29, 1.82) is 0 Å². The van der Waals surface area contributed by atoms with Crippen molar-refractivity contribution in [3.63, 3.8) is 0 Å². The van der Waals surface area contributed by atoms with Crippen LogP contribution in [0.4, 0.5) is 0 Å². The fourth-order valence-corrected chi connectivity index (χ4v) is 1.74. The minimum Gasteiger partial charge on any atom is -0.495 e. The number of halogens is 1. The average molecular weight is 215 g/mol. The summed E-state index contributed by atoms with van der Waals surface area (Å²) in [7, 11) is 1.55. The van der Waals surface area contributed by atoms with Gasteiger partial charge in [-0.25, -0.2) is 0 Å². The Bertz CT molecular complexity index is 340. The van der Waals surface area contributed by atoms with Crippen LogP contribution in [0.15, 0.2) is 12.1 Å². The third kappa shape index (κ3) is 2.20. The van der Waals surface area contributed by atoms with Gasteiger partial charge in [0.15, 0.2) is 0 Å². The first-order chi connectivity index (χ1) is 6.36. The van der Waals surface area contributed by atoms with Crippen LogP contribution < -0.4 is 4.74 Å². The molecule has 1 rings (SSSR count). The van der Waals surface area contributed by atoms with Crippen LogP contribution in [0.3, 0.4) is 0 Å². The molecule has 78 valence electrons. The summed E-state index contributed by atoms with van der Waals surface area (Å²) < 4.78 is 5.17. The molecule has 0 saturated carbocycles. The molecule has 1 N–H and O–H groups in total. The predicted molar refractivity (Wildman–Crippen MR) is 58.0 cm³/mol. The summed E-state index contributed by atoms with van der Waals surface area (Å²) in [6.45, 7) is 5.35. The van der Waals surface area contributed by atoms with Crippen LogP contribution in [0.5, 0.6) is 5.75 Å². The van der Waals surface area contributed by atoms with Gasteiger partial charge in [0, 0.05) is 5.56 Å². The Morgan fingerprint density at radius 2 is 1.93 bits per heavy atom. The standard InChI is InChI=1S/C11H15ClO2/c1-7-5-8(11(2,3)13)10(14-4)9(12)6-7/h5-6,13H,1-4H3. The highest BCUT2D eigenvalue weighted by Crippen LogP contribution is 2.36. The summed E-state index contributed by atoms with van der Waals surface area (Å²) >= 11 is 6.00. The Balaban J connectivity index is 3.40. The molecule has 0 fully saturated rings. The molecular weight excluding hydrogens is 200 g/mol. The molecule has 0 unspecified atom stereocenters. The number of aliphatic hydroxyl groups is 1. The predicted octanol–water partition coefficient (Wildman–Crippen LogP) is 2.88. The summed E-state index contributed by atoms with van der Waals surface area (Å²) in [5, 5.41) is 10.4. The van der Waals surface area contributed by atoms with E-state index in [1.807, 2.05) is 19.1 Å². The molecule has 0 aromatic heterocycles. The fraction of sp³-hybridized carbons (Fsp3) is 0.455. The summed E-state index contributed by atoms with van der Waals surface area (Å²) in [4.78, 5) is 0. The highest BCUT2D eigenvalue weighted by molar-refractivity contribution is 6.32. The van der Waals surface area contributed by atoms with Crippen LogP contribution in [0.1, 0.15) is 25.0 Å². The summed E-state index contributed by atoms with van der Waals surface area (Å²) in [6, 6.07) is 3.69. The molecule has 1 aromatic carbocycles. The monoisotopic (exact) mass is 214 g/mol. The minimum absolute atomic E-state index is 0.532. The fourth-order valence-electron chi connectivity index (χ4n) is 1.39. The zero-order valence-corrected chi connectivity index (χ0v) is 9.64. The second-order valence-electron chi connectivity index (χ2n) is 3.89. The van der Waals surface area contributed by atoms with Crippen LogP contribution in [0.2, 0.25) is 5.02 Å². The third-order valence-corrected chi connectivity index (χ3v) is 2.33. The van der Waals surface area contributed by atoms with E-state index in [4.69, 9.17) is 16.3 Å². The molecule has 0 spiro atoms. The number of hydrogen-bond donors (Lipinski definition) is 1. The van der Waals surface area contributed by atoms with Gasteiger partial charge in [-0.05, 0) is 38.5 Å². The van der Waals surface area contributed by atoms with E-state index >= 15 is 0 Å². The quantitative estimate of drug-likeness (QED) is 0.821. The molecular formula is C11H15ClO2. The van der Waals surface area contributed by atoms with E-state index in [1.165, 1.54) is 0 Å². The van der Waals surface area contributed by atoms with E-state index in [2.05, 4.69) is 0 Å². The Morgan fingerprint density at radius 3 is 2.36 bits per heavy atom. The van der Waals surface area contributed by atoms with Crippen LogP contribution in [-0.2, 0) is 5.60 Å². The van der Waals surface area contributed by atoms with E-state index in [0.29, 0.717) is 16.3 Å². The first kappa shape index (κ1) is 11.3. The van der Waals surface area contributed by atoms with Crippen molar-refractivity contribution in [3.8, 4) is 5.75 Å². The lowest BCUT2D eigenvalue weighted by Gasteiger charge is -2.22. The molecule has 0 aliphatic rings. The van der Waals surface area contributed by atoms with Gasteiger partial charge in [0.25, 0.3) is 0 Å². The summed E-state index contributed by atoms with van der Waals surface area (Å²) in [6.07, 6.45) is 0. The van der Waals surface area contributed by atoms with Crippen LogP contribution in [0.25, 0.3) is 0 Å². The molecule has 0 heterocycles. The van der Waals surface area contributed by atoms with Gasteiger partial charge in [-0.3, -0.25) is 0 Å².